The molecule has 0 saturated heterocycles. The molecule has 0 aliphatic heterocycles. The maximum atomic E-state index is 12.9. The number of hydrogen-bond donors (Lipinski definition) is 3. The molecule has 1 unspecified atom stereocenters. The molecular weight excluding hydrogens is 325 g/mol. The molecule has 24 heavy (non-hydrogen) atoms. The minimum atomic E-state index is -4.65. The largest absolute Gasteiger partial charge is 0.416 e. The van der Waals surface area contributed by atoms with E-state index in [1.54, 1.807) is 0 Å². The first-order valence-corrected chi connectivity index (χ1v) is 7.45. The van der Waals surface area contributed by atoms with Crippen LogP contribution in [-0.2, 0) is 11.0 Å². The van der Waals surface area contributed by atoms with Crippen molar-refractivity contribution < 1.29 is 27.9 Å². The van der Waals surface area contributed by atoms with Gasteiger partial charge in [-0.05, 0) is 30.5 Å². The number of aliphatic hydroxyl groups excluding tert-OH is 1. The molecular formula is C16H21F3N2O3. The molecule has 1 rings (SSSR count). The zero-order chi connectivity index (χ0) is 18.5. The molecule has 2 amide bonds. The first kappa shape index (κ1) is 20.0. The van der Waals surface area contributed by atoms with Gasteiger partial charge in [-0.25, -0.2) is 0 Å². The third kappa shape index (κ3) is 6.57. The van der Waals surface area contributed by atoms with Crippen LogP contribution in [0.3, 0.4) is 0 Å². The van der Waals surface area contributed by atoms with Crippen molar-refractivity contribution in [3.8, 4) is 0 Å². The summed E-state index contributed by atoms with van der Waals surface area (Å²) in [5.41, 5.74) is -1.41. The number of rotatable bonds is 6. The van der Waals surface area contributed by atoms with Crippen molar-refractivity contribution in [1.29, 1.82) is 0 Å². The monoisotopic (exact) mass is 346 g/mol. The van der Waals surface area contributed by atoms with E-state index in [0.717, 1.165) is 19.1 Å². The van der Waals surface area contributed by atoms with Gasteiger partial charge in [0, 0.05) is 24.7 Å². The van der Waals surface area contributed by atoms with E-state index in [0.29, 0.717) is 12.5 Å². The number of carbonyl (C=O) groups excluding carboxylic acids is 2. The first-order chi connectivity index (χ1) is 11.0. The van der Waals surface area contributed by atoms with E-state index in [9.17, 15) is 27.9 Å². The molecule has 0 bridgehead atoms. The first-order valence-electron chi connectivity index (χ1n) is 7.45. The lowest BCUT2D eigenvalue weighted by Crippen LogP contribution is -2.33. The topological polar surface area (TPSA) is 78.4 Å². The summed E-state index contributed by atoms with van der Waals surface area (Å²) in [6, 6.07) is 2.61. The third-order valence-corrected chi connectivity index (χ3v) is 3.08. The Morgan fingerprint density at radius 3 is 2.33 bits per heavy atom. The second kappa shape index (κ2) is 8.14. The lowest BCUT2D eigenvalue weighted by Gasteiger charge is -2.15. The fourth-order valence-corrected chi connectivity index (χ4v) is 2.14. The highest BCUT2D eigenvalue weighted by molar-refractivity contribution is 5.97. The second-order valence-corrected chi connectivity index (χ2v) is 5.97. The quantitative estimate of drug-likeness (QED) is 0.741. The maximum Gasteiger partial charge on any atom is 0.416 e. The molecule has 0 heterocycles. The molecule has 1 atom stereocenters. The average molecular weight is 346 g/mol. The SMILES string of the molecule is CC(=O)Nc1cc(C(=O)NCC(O)CC(C)C)cc(C(F)(F)F)c1. The van der Waals surface area contributed by atoms with Crippen LogP contribution >= 0.6 is 0 Å². The minimum absolute atomic E-state index is 0.0667. The molecule has 0 radical (unpaired) electrons. The number of halogens is 3. The summed E-state index contributed by atoms with van der Waals surface area (Å²) in [5, 5.41) is 14.4. The number of nitrogens with one attached hydrogen (secondary N) is 2. The Hall–Kier alpha value is -2.09. The van der Waals surface area contributed by atoms with Crippen LogP contribution in [0, 0.1) is 5.92 Å². The lowest BCUT2D eigenvalue weighted by molar-refractivity contribution is -0.137. The summed E-state index contributed by atoms with van der Waals surface area (Å²) in [5.74, 6) is -1.08. The van der Waals surface area contributed by atoms with Crippen LogP contribution in [0.5, 0.6) is 0 Å². The van der Waals surface area contributed by atoms with Gasteiger partial charge in [-0.1, -0.05) is 13.8 Å². The normalized spacial score (nSPS) is 12.8. The van der Waals surface area contributed by atoms with Crippen LogP contribution in [0.4, 0.5) is 18.9 Å². The number of hydrogen-bond acceptors (Lipinski definition) is 3. The highest BCUT2D eigenvalue weighted by atomic mass is 19.4. The Bertz CT molecular complexity index is 601. The van der Waals surface area contributed by atoms with Crippen LogP contribution in [0.25, 0.3) is 0 Å². The third-order valence-electron chi connectivity index (χ3n) is 3.08. The highest BCUT2D eigenvalue weighted by Crippen LogP contribution is 2.32. The van der Waals surface area contributed by atoms with Crippen molar-refractivity contribution in [2.24, 2.45) is 5.92 Å². The van der Waals surface area contributed by atoms with E-state index < -0.39 is 29.7 Å². The van der Waals surface area contributed by atoms with Gasteiger partial charge in [0.2, 0.25) is 5.91 Å². The van der Waals surface area contributed by atoms with Crippen molar-refractivity contribution in [3.63, 3.8) is 0 Å². The lowest BCUT2D eigenvalue weighted by atomic mass is 10.1. The van der Waals surface area contributed by atoms with E-state index in [2.05, 4.69) is 10.6 Å². The van der Waals surface area contributed by atoms with Crippen molar-refractivity contribution in [1.82, 2.24) is 5.32 Å². The Kier molecular flexibility index (Phi) is 6.77. The van der Waals surface area contributed by atoms with Crippen molar-refractivity contribution in [2.45, 2.75) is 39.5 Å². The van der Waals surface area contributed by atoms with Crippen LogP contribution < -0.4 is 10.6 Å². The number of aliphatic hydroxyl groups is 1. The molecule has 0 spiro atoms. The summed E-state index contributed by atoms with van der Waals surface area (Å²) in [6.45, 7) is 4.89. The summed E-state index contributed by atoms with van der Waals surface area (Å²) >= 11 is 0. The summed E-state index contributed by atoms with van der Waals surface area (Å²) in [7, 11) is 0. The van der Waals surface area contributed by atoms with Crippen LogP contribution in [-0.4, -0.2) is 29.6 Å². The number of amides is 2. The van der Waals surface area contributed by atoms with Gasteiger partial charge in [-0.15, -0.1) is 0 Å². The van der Waals surface area contributed by atoms with Gasteiger partial charge < -0.3 is 15.7 Å². The predicted octanol–water partition coefficient (Wildman–Crippen LogP) is 2.80. The Morgan fingerprint density at radius 2 is 1.83 bits per heavy atom. The Balaban J connectivity index is 2.95. The molecule has 8 heteroatoms. The molecule has 1 aromatic carbocycles. The van der Waals surface area contributed by atoms with Crippen molar-refractivity contribution in [3.05, 3.63) is 29.3 Å². The van der Waals surface area contributed by atoms with E-state index in [1.807, 2.05) is 13.8 Å². The van der Waals surface area contributed by atoms with Gasteiger partial charge >= 0.3 is 6.18 Å². The number of carbonyl (C=O) groups is 2. The zero-order valence-corrected chi connectivity index (χ0v) is 13.7. The highest BCUT2D eigenvalue weighted by Gasteiger charge is 2.32. The molecule has 0 aliphatic rings. The molecule has 134 valence electrons. The second-order valence-electron chi connectivity index (χ2n) is 5.97. The zero-order valence-electron chi connectivity index (χ0n) is 13.7. The minimum Gasteiger partial charge on any atom is -0.391 e. The van der Waals surface area contributed by atoms with Gasteiger partial charge in [0.1, 0.15) is 0 Å². The average Bonchev–Trinajstić information content (AvgIpc) is 2.42. The number of anilines is 1. The van der Waals surface area contributed by atoms with Gasteiger partial charge in [-0.3, -0.25) is 9.59 Å². The summed E-state index contributed by atoms with van der Waals surface area (Å²) in [6.07, 6.45) is -4.98. The van der Waals surface area contributed by atoms with E-state index in [1.165, 1.54) is 0 Å². The molecule has 3 N–H and O–H groups in total. The molecule has 5 nitrogen and oxygen atoms in total. The van der Waals surface area contributed by atoms with E-state index in [-0.39, 0.29) is 23.7 Å². The fourth-order valence-electron chi connectivity index (χ4n) is 2.14. The van der Waals surface area contributed by atoms with Gasteiger partial charge in [0.15, 0.2) is 0 Å². The Labute approximate surface area is 138 Å². The fraction of sp³-hybridized carbons (Fsp3) is 0.500. The van der Waals surface area contributed by atoms with Crippen LogP contribution in [0.2, 0.25) is 0 Å². The summed E-state index contributed by atoms with van der Waals surface area (Å²) in [4.78, 5) is 23.1. The Morgan fingerprint density at radius 1 is 1.21 bits per heavy atom. The van der Waals surface area contributed by atoms with Crippen LogP contribution in [0.15, 0.2) is 18.2 Å². The molecule has 0 fully saturated rings. The summed E-state index contributed by atoms with van der Waals surface area (Å²) < 4.78 is 38.8. The molecule has 0 saturated carbocycles. The predicted molar refractivity (Wildman–Crippen MR) is 83.5 cm³/mol. The van der Waals surface area contributed by atoms with Gasteiger partial charge in [0.05, 0.1) is 11.7 Å². The standard InChI is InChI=1S/C16H21F3N2O3/c1-9(2)4-14(23)8-20-15(24)11-5-12(16(17,18)19)7-13(6-11)21-10(3)22/h5-7,9,14,23H,4,8H2,1-3H3,(H,20,24)(H,21,22). The van der Waals surface area contributed by atoms with Crippen molar-refractivity contribution >= 4 is 17.5 Å². The van der Waals surface area contributed by atoms with Crippen molar-refractivity contribution in [2.75, 3.05) is 11.9 Å². The number of benzene rings is 1. The maximum absolute atomic E-state index is 12.9. The number of alkyl halides is 3. The van der Waals surface area contributed by atoms with E-state index in [4.69, 9.17) is 0 Å². The van der Waals surface area contributed by atoms with E-state index >= 15 is 0 Å². The van der Waals surface area contributed by atoms with Gasteiger partial charge in [0.25, 0.3) is 5.91 Å². The smallest absolute Gasteiger partial charge is 0.391 e. The molecule has 0 aliphatic carbocycles. The van der Waals surface area contributed by atoms with Crippen LogP contribution in [0.1, 0.15) is 43.1 Å². The molecule has 1 aromatic rings. The van der Waals surface area contributed by atoms with Gasteiger partial charge in [-0.2, -0.15) is 13.2 Å². The molecule has 0 aromatic heterocycles.